The summed E-state index contributed by atoms with van der Waals surface area (Å²) >= 11 is 0. The van der Waals surface area contributed by atoms with E-state index < -0.39 is 11.9 Å². The van der Waals surface area contributed by atoms with Crippen LogP contribution in [0.15, 0.2) is 0 Å². The van der Waals surface area contributed by atoms with E-state index in [-0.39, 0.29) is 12.3 Å². The van der Waals surface area contributed by atoms with Crippen LogP contribution >= 0.6 is 0 Å². The number of carbonyl (C=O) groups excluding carboxylic acids is 2. The van der Waals surface area contributed by atoms with Gasteiger partial charge in [0.25, 0.3) is 0 Å². The van der Waals surface area contributed by atoms with Gasteiger partial charge in [0.1, 0.15) is 0 Å². The lowest BCUT2D eigenvalue weighted by Crippen LogP contribution is -2.45. The zero-order chi connectivity index (χ0) is 13.0. The minimum atomic E-state index is -0.809. The normalized spacial score (nSPS) is 22.4. The van der Waals surface area contributed by atoms with E-state index in [4.69, 9.17) is 11.5 Å². The maximum Gasteiger partial charge on any atom is 0.239 e. The van der Waals surface area contributed by atoms with E-state index in [1.165, 1.54) is 0 Å². The van der Waals surface area contributed by atoms with Crippen LogP contribution in [0.2, 0.25) is 0 Å². The Morgan fingerprint density at radius 2 is 2.18 bits per heavy atom. The molecule has 1 saturated heterocycles. The highest BCUT2D eigenvalue weighted by molar-refractivity contribution is 5.87. The average Bonchev–Trinajstić information content (AvgIpc) is 2.61. The van der Waals surface area contributed by atoms with E-state index >= 15 is 0 Å². The van der Waals surface area contributed by atoms with E-state index in [0.717, 1.165) is 19.5 Å². The fraction of sp³-hybridized carbons (Fsp3) is 0.818. The van der Waals surface area contributed by atoms with Crippen LogP contribution in [0.4, 0.5) is 0 Å². The standard InChI is InChI=1S/C11H22N4O2/c1-14-4-3-8(6-14)7-15(2)11(17)9(12)5-10(13)16/h8-9H,3-7,12H2,1-2H3,(H2,13,16). The largest absolute Gasteiger partial charge is 0.370 e. The average molecular weight is 242 g/mol. The Hall–Kier alpha value is -1.14. The van der Waals surface area contributed by atoms with Crippen LogP contribution in [0.3, 0.4) is 0 Å². The lowest BCUT2D eigenvalue weighted by atomic mass is 10.1. The molecule has 1 rings (SSSR count). The fourth-order valence-electron chi connectivity index (χ4n) is 2.24. The molecule has 0 spiro atoms. The number of nitrogens with zero attached hydrogens (tertiary/aromatic N) is 2. The van der Waals surface area contributed by atoms with Crippen LogP contribution in [0, 0.1) is 5.92 Å². The summed E-state index contributed by atoms with van der Waals surface area (Å²) < 4.78 is 0. The second-order valence-electron chi connectivity index (χ2n) is 4.91. The molecule has 0 aromatic rings. The fourth-order valence-corrected chi connectivity index (χ4v) is 2.24. The second kappa shape index (κ2) is 5.97. The molecule has 6 heteroatoms. The highest BCUT2D eigenvalue weighted by Crippen LogP contribution is 2.15. The minimum absolute atomic E-state index is 0.0895. The van der Waals surface area contributed by atoms with Crippen molar-refractivity contribution in [2.24, 2.45) is 17.4 Å². The molecule has 2 unspecified atom stereocenters. The molecule has 0 saturated carbocycles. The zero-order valence-electron chi connectivity index (χ0n) is 10.6. The Balaban J connectivity index is 2.38. The SMILES string of the molecule is CN1CCC(CN(C)C(=O)C(N)CC(N)=O)C1. The zero-order valence-corrected chi connectivity index (χ0v) is 10.6. The molecular weight excluding hydrogens is 220 g/mol. The van der Waals surface area contributed by atoms with E-state index in [1.54, 1.807) is 11.9 Å². The summed E-state index contributed by atoms with van der Waals surface area (Å²) in [5, 5.41) is 0. The number of hydrogen-bond acceptors (Lipinski definition) is 4. The molecule has 2 atom stereocenters. The van der Waals surface area contributed by atoms with Crippen LogP contribution in [0.1, 0.15) is 12.8 Å². The molecule has 0 aliphatic carbocycles. The first-order chi connectivity index (χ1) is 7.90. The lowest BCUT2D eigenvalue weighted by Gasteiger charge is -2.23. The van der Waals surface area contributed by atoms with Crippen molar-refractivity contribution in [3.8, 4) is 0 Å². The van der Waals surface area contributed by atoms with Gasteiger partial charge < -0.3 is 21.3 Å². The predicted octanol–water partition coefficient (Wildman–Crippen LogP) is -1.40. The number of likely N-dealkylation sites (N-methyl/N-ethyl adjacent to an activating group) is 1. The van der Waals surface area contributed by atoms with Crippen molar-refractivity contribution in [2.75, 3.05) is 33.7 Å². The molecule has 1 aliphatic rings. The van der Waals surface area contributed by atoms with Crippen molar-refractivity contribution >= 4 is 11.8 Å². The molecule has 1 aliphatic heterocycles. The van der Waals surface area contributed by atoms with Gasteiger partial charge in [0.05, 0.1) is 12.5 Å². The van der Waals surface area contributed by atoms with Crippen molar-refractivity contribution in [1.29, 1.82) is 0 Å². The summed E-state index contributed by atoms with van der Waals surface area (Å²) in [6, 6.07) is -0.809. The summed E-state index contributed by atoms with van der Waals surface area (Å²) in [5.41, 5.74) is 10.6. The number of carbonyl (C=O) groups is 2. The number of rotatable bonds is 5. The highest BCUT2D eigenvalue weighted by Gasteiger charge is 2.25. The first-order valence-corrected chi connectivity index (χ1v) is 5.87. The Bertz CT molecular complexity index is 295. The van der Waals surface area contributed by atoms with E-state index in [1.807, 2.05) is 0 Å². The van der Waals surface area contributed by atoms with Gasteiger partial charge >= 0.3 is 0 Å². The molecule has 2 amide bonds. The molecule has 0 aromatic carbocycles. The molecule has 4 N–H and O–H groups in total. The van der Waals surface area contributed by atoms with E-state index in [0.29, 0.717) is 12.5 Å². The maximum absolute atomic E-state index is 11.8. The van der Waals surface area contributed by atoms with Crippen LogP contribution in [0.5, 0.6) is 0 Å². The van der Waals surface area contributed by atoms with Gasteiger partial charge in [-0.25, -0.2) is 0 Å². The van der Waals surface area contributed by atoms with Gasteiger partial charge in [0.15, 0.2) is 0 Å². The van der Waals surface area contributed by atoms with Gasteiger partial charge in [-0.3, -0.25) is 9.59 Å². The Morgan fingerprint density at radius 1 is 1.53 bits per heavy atom. The van der Waals surface area contributed by atoms with Gasteiger partial charge in [-0.2, -0.15) is 0 Å². The number of hydrogen-bond donors (Lipinski definition) is 2. The van der Waals surface area contributed by atoms with Crippen molar-refractivity contribution < 1.29 is 9.59 Å². The minimum Gasteiger partial charge on any atom is -0.370 e. The molecule has 1 fully saturated rings. The van der Waals surface area contributed by atoms with Gasteiger partial charge in [-0.15, -0.1) is 0 Å². The van der Waals surface area contributed by atoms with Crippen molar-refractivity contribution in [2.45, 2.75) is 18.9 Å². The molecule has 0 radical (unpaired) electrons. The summed E-state index contributed by atoms with van der Waals surface area (Å²) in [6.45, 7) is 2.76. The van der Waals surface area contributed by atoms with E-state index in [9.17, 15) is 9.59 Å². The Morgan fingerprint density at radius 3 is 2.65 bits per heavy atom. The van der Waals surface area contributed by atoms with Crippen LogP contribution < -0.4 is 11.5 Å². The molecule has 0 aromatic heterocycles. The molecular formula is C11H22N4O2. The van der Waals surface area contributed by atoms with Crippen molar-refractivity contribution in [1.82, 2.24) is 9.80 Å². The Labute approximate surface area is 102 Å². The smallest absolute Gasteiger partial charge is 0.239 e. The summed E-state index contributed by atoms with van der Waals surface area (Å²) in [7, 11) is 3.79. The van der Waals surface area contributed by atoms with Gasteiger partial charge in [-0.05, 0) is 25.9 Å². The number of amides is 2. The molecule has 6 nitrogen and oxygen atoms in total. The number of likely N-dealkylation sites (tertiary alicyclic amines) is 1. The second-order valence-corrected chi connectivity index (χ2v) is 4.91. The van der Waals surface area contributed by atoms with Crippen molar-refractivity contribution in [3.05, 3.63) is 0 Å². The van der Waals surface area contributed by atoms with Gasteiger partial charge in [0, 0.05) is 20.1 Å². The predicted molar refractivity (Wildman–Crippen MR) is 65.0 cm³/mol. The molecule has 98 valence electrons. The monoisotopic (exact) mass is 242 g/mol. The number of nitrogens with two attached hydrogens (primary N) is 2. The molecule has 17 heavy (non-hydrogen) atoms. The van der Waals surface area contributed by atoms with Crippen LogP contribution in [-0.4, -0.2) is 61.4 Å². The molecule has 0 bridgehead atoms. The maximum atomic E-state index is 11.8. The third-order valence-electron chi connectivity index (χ3n) is 3.14. The molecule has 1 heterocycles. The summed E-state index contributed by atoms with van der Waals surface area (Å²) in [5.74, 6) is -0.257. The van der Waals surface area contributed by atoms with Gasteiger partial charge in [0.2, 0.25) is 11.8 Å². The van der Waals surface area contributed by atoms with Crippen molar-refractivity contribution in [3.63, 3.8) is 0 Å². The quantitative estimate of drug-likeness (QED) is 0.620. The first-order valence-electron chi connectivity index (χ1n) is 5.87. The highest BCUT2D eigenvalue weighted by atomic mass is 16.2. The topological polar surface area (TPSA) is 92.7 Å². The van der Waals surface area contributed by atoms with Crippen LogP contribution in [0.25, 0.3) is 0 Å². The third-order valence-corrected chi connectivity index (χ3v) is 3.14. The summed E-state index contributed by atoms with van der Waals surface area (Å²) in [6.07, 6.45) is 1.01. The van der Waals surface area contributed by atoms with Gasteiger partial charge in [-0.1, -0.05) is 0 Å². The van der Waals surface area contributed by atoms with E-state index in [2.05, 4.69) is 11.9 Å². The van der Waals surface area contributed by atoms with Crippen LogP contribution in [-0.2, 0) is 9.59 Å². The summed E-state index contributed by atoms with van der Waals surface area (Å²) in [4.78, 5) is 26.4. The lowest BCUT2D eigenvalue weighted by molar-refractivity contribution is -0.133. The number of primary amides is 1. The third kappa shape index (κ3) is 4.32. The Kier molecular flexibility index (Phi) is 4.89. The first kappa shape index (κ1) is 13.9.